The maximum Gasteiger partial charge on any atom is 0.123 e. The highest BCUT2D eigenvalue weighted by atomic mass is 16.5. The molecule has 0 aliphatic heterocycles. The van der Waals surface area contributed by atoms with E-state index in [9.17, 15) is 0 Å². The van der Waals surface area contributed by atoms with Crippen molar-refractivity contribution >= 4 is 0 Å². The fourth-order valence-corrected chi connectivity index (χ4v) is 1.36. The number of rotatable bonds is 2. The van der Waals surface area contributed by atoms with Gasteiger partial charge in [-0.25, -0.2) is 0 Å². The Morgan fingerprint density at radius 2 is 2.07 bits per heavy atom. The third-order valence-electron chi connectivity index (χ3n) is 2.10. The van der Waals surface area contributed by atoms with Crippen LogP contribution in [0, 0.1) is 29.6 Å². The van der Waals surface area contributed by atoms with Crippen LogP contribution in [0.25, 0.3) is 0 Å². The number of ether oxygens (including phenoxy) is 1. The lowest BCUT2D eigenvalue weighted by atomic mass is 10.0. The van der Waals surface area contributed by atoms with E-state index in [2.05, 4.69) is 6.07 Å². The van der Waals surface area contributed by atoms with Crippen LogP contribution in [-0.2, 0) is 6.42 Å². The normalized spacial score (nSPS) is 8.86. The highest BCUT2D eigenvalue weighted by molar-refractivity contribution is 5.51. The number of hydrogen-bond acceptors (Lipinski definition) is 3. The van der Waals surface area contributed by atoms with E-state index in [0.717, 1.165) is 11.1 Å². The largest absolute Gasteiger partial charge is 0.496 e. The first kappa shape index (κ1) is 10.1. The Kier molecular flexibility index (Phi) is 3.09. The van der Waals surface area contributed by atoms with Crippen molar-refractivity contribution in [1.82, 2.24) is 0 Å². The maximum absolute atomic E-state index is 8.93. The number of hydrogen-bond donors (Lipinski definition) is 0. The Bertz CT molecular complexity index is 424. The second-order valence-electron chi connectivity index (χ2n) is 2.87. The molecule has 3 nitrogen and oxygen atoms in total. The quantitative estimate of drug-likeness (QED) is 0.709. The van der Waals surface area contributed by atoms with Crippen LogP contribution >= 0.6 is 0 Å². The van der Waals surface area contributed by atoms with E-state index in [1.165, 1.54) is 0 Å². The van der Waals surface area contributed by atoms with Crippen molar-refractivity contribution in [3.63, 3.8) is 0 Å². The first-order valence-corrected chi connectivity index (χ1v) is 4.18. The van der Waals surface area contributed by atoms with Crippen molar-refractivity contribution in [1.29, 1.82) is 10.5 Å². The Hall–Kier alpha value is -2.00. The molecule has 0 amide bonds. The van der Waals surface area contributed by atoms with Gasteiger partial charge in [0.25, 0.3) is 0 Å². The van der Waals surface area contributed by atoms with Crippen LogP contribution in [0.3, 0.4) is 0 Å². The summed E-state index contributed by atoms with van der Waals surface area (Å²) < 4.78 is 5.09. The average Bonchev–Trinajstić information content (AvgIpc) is 2.19. The lowest BCUT2D eigenvalue weighted by Crippen LogP contribution is -1.96. The Labute approximate surface area is 83.2 Å². The van der Waals surface area contributed by atoms with E-state index < -0.39 is 0 Å². The topological polar surface area (TPSA) is 56.8 Å². The Morgan fingerprint density at radius 3 is 2.57 bits per heavy atom. The smallest absolute Gasteiger partial charge is 0.123 e. The third kappa shape index (κ3) is 1.67. The predicted molar refractivity (Wildman–Crippen MR) is 51.8 cm³/mol. The molecular formula is C11H10N2O. The molecule has 1 aromatic rings. The molecular weight excluding hydrogens is 176 g/mol. The molecule has 1 aromatic carbocycles. The lowest BCUT2D eigenvalue weighted by molar-refractivity contribution is 0.411. The minimum absolute atomic E-state index is 0.258. The number of methoxy groups -OCH3 is 1. The van der Waals surface area contributed by atoms with Gasteiger partial charge in [0.05, 0.1) is 31.2 Å². The monoisotopic (exact) mass is 186 g/mol. The molecule has 0 atom stereocenters. The van der Waals surface area contributed by atoms with Crippen LogP contribution in [0.15, 0.2) is 12.1 Å². The molecule has 0 heterocycles. The van der Waals surface area contributed by atoms with Crippen molar-refractivity contribution in [2.75, 3.05) is 7.11 Å². The number of benzene rings is 1. The summed E-state index contributed by atoms with van der Waals surface area (Å²) in [5.41, 5.74) is 2.10. The lowest BCUT2D eigenvalue weighted by Gasteiger charge is -2.08. The van der Waals surface area contributed by atoms with Gasteiger partial charge in [0.1, 0.15) is 5.75 Å². The van der Waals surface area contributed by atoms with Gasteiger partial charge in [-0.2, -0.15) is 10.5 Å². The van der Waals surface area contributed by atoms with E-state index in [0.29, 0.717) is 11.3 Å². The highest BCUT2D eigenvalue weighted by Gasteiger charge is 2.09. The van der Waals surface area contributed by atoms with Crippen LogP contribution in [0.4, 0.5) is 0 Å². The van der Waals surface area contributed by atoms with Crippen LogP contribution in [0.5, 0.6) is 5.75 Å². The molecule has 0 aliphatic rings. The molecule has 0 saturated carbocycles. The molecule has 0 aromatic heterocycles. The van der Waals surface area contributed by atoms with Gasteiger partial charge in [-0.05, 0) is 18.6 Å². The molecule has 0 aliphatic carbocycles. The summed E-state index contributed by atoms with van der Waals surface area (Å²) in [6, 6.07) is 7.66. The molecule has 14 heavy (non-hydrogen) atoms. The van der Waals surface area contributed by atoms with Crippen molar-refractivity contribution in [3.8, 4) is 17.9 Å². The van der Waals surface area contributed by atoms with Crippen LogP contribution in [0.2, 0.25) is 0 Å². The van der Waals surface area contributed by atoms with E-state index in [1.807, 2.05) is 13.0 Å². The van der Waals surface area contributed by atoms with Gasteiger partial charge < -0.3 is 4.74 Å². The Balaban J connectivity index is 3.32. The second kappa shape index (κ2) is 4.30. The van der Waals surface area contributed by atoms with E-state index in [-0.39, 0.29) is 6.42 Å². The third-order valence-corrected chi connectivity index (χ3v) is 2.10. The molecule has 3 heteroatoms. The van der Waals surface area contributed by atoms with Crippen LogP contribution in [-0.4, -0.2) is 7.11 Å². The molecule has 0 bridgehead atoms. The SMILES string of the molecule is COc1ccc(CC#N)c(C#N)c1C. The molecule has 0 radical (unpaired) electrons. The van der Waals surface area contributed by atoms with Gasteiger partial charge in [0.15, 0.2) is 0 Å². The second-order valence-corrected chi connectivity index (χ2v) is 2.87. The summed E-state index contributed by atoms with van der Waals surface area (Å²) >= 11 is 0. The maximum atomic E-state index is 8.93. The average molecular weight is 186 g/mol. The highest BCUT2D eigenvalue weighted by Crippen LogP contribution is 2.24. The molecule has 0 N–H and O–H groups in total. The molecule has 0 spiro atoms. The van der Waals surface area contributed by atoms with E-state index in [1.54, 1.807) is 19.2 Å². The summed E-state index contributed by atoms with van der Waals surface area (Å²) in [6.45, 7) is 1.82. The van der Waals surface area contributed by atoms with Gasteiger partial charge in [-0.15, -0.1) is 0 Å². The Morgan fingerprint density at radius 1 is 1.36 bits per heavy atom. The zero-order valence-electron chi connectivity index (χ0n) is 8.16. The summed E-state index contributed by atoms with van der Waals surface area (Å²) in [4.78, 5) is 0. The number of nitrogens with zero attached hydrogens (tertiary/aromatic N) is 2. The van der Waals surface area contributed by atoms with Crippen molar-refractivity contribution in [3.05, 3.63) is 28.8 Å². The van der Waals surface area contributed by atoms with E-state index in [4.69, 9.17) is 15.3 Å². The minimum Gasteiger partial charge on any atom is -0.496 e. The van der Waals surface area contributed by atoms with Crippen LogP contribution < -0.4 is 4.74 Å². The fourth-order valence-electron chi connectivity index (χ4n) is 1.36. The standard InChI is InChI=1S/C11H10N2O/c1-8-10(7-13)9(5-6-12)3-4-11(8)14-2/h3-4H,5H2,1-2H3. The minimum atomic E-state index is 0.258. The van der Waals surface area contributed by atoms with Crippen molar-refractivity contribution in [2.45, 2.75) is 13.3 Å². The van der Waals surface area contributed by atoms with Gasteiger partial charge in [0.2, 0.25) is 0 Å². The molecule has 70 valence electrons. The molecule has 0 unspecified atom stereocenters. The number of nitriles is 2. The van der Waals surface area contributed by atoms with Gasteiger partial charge in [0, 0.05) is 5.56 Å². The molecule has 1 rings (SSSR count). The predicted octanol–water partition coefficient (Wildman–Crippen LogP) is 1.94. The zero-order chi connectivity index (χ0) is 10.6. The van der Waals surface area contributed by atoms with Gasteiger partial charge in [-0.1, -0.05) is 6.07 Å². The zero-order valence-corrected chi connectivity index (χ0v) is 8.16. The van der Waals surface area contributed by atoms with E-state index >= 15 is 0 Å². The molecule has 0 saturated heterocycles. The summed E-state index contributed by atoms with van der Waals surface area (Å²) in [5.74, 6) is 0.684. The van der Waals surface area contributed by atoms with Gasteiger partial charge >= 0.3 is 0 Å². The van der Waals surface area contributed by atoms with Crippen LogP contribution in [0.1, 0.15) is 16.7 Å². The first-order chi connectivity index (χ1) is 6.74. The first-order valence-electron chi connectivity index (χ1n) is 4.18. The van der Waals surface area contributed by atoms with Crippen molar-refractivity contribution < 1.29 is 4.74 Å². The summed E-state index contributed by atoms with van der Waals surface area (Å²) in [7, 11) is 1.56. The molecule has 0 fully saturated rings. The van der Waals surface area contributed by atoms with Gasteiger partial charge in [-0.3, -0.25) is 0 Å². The summed E-state index contributed by atoms with van der Waals surface area (Å²) in [5, 5.41) is 17.5. The van der Waals surface area contributed by atoms with Crippen molar-refractivity contribution in [2.24, 2.45) is 0 Å². The summed E-state index contributed by atoms with van der Waals surface area (Å²) in [6.07, 6.45) is 0.258. The fraction of sp³-hybridized carbons (Fsp3) is 0.273.